The van der Waals surface area contributed by atoms with Crippen molar-refractivity contribution in [1.82, 2.24) is 9.13 Å². The fourth-order valence-electron chi connectivity index (χ4n) is 8.27. The number of aromatic nitrogens is 2. The highest BCUT2D eigenvalue weighted by molar-refractivity contribution is 6.07. The van der Waals surface area contributed by atoms with Crippen LogP contribution in [0.4, 0.5) is 0 Å². The summed E-state index contributed by atoms with van der Waals surface area (Å²) < 4.78 is 2.53. The SMILES string of the molecule is C#Cc1cc(C)c(-n2c(=O)c3cc4cc5ccc6cc7cc8c(=O)n(-c9c(C)cc(C#C)cc9C)c(=O)c8cc7cc6ccc5cc4cc3c2=O)c(C)c1. The fraction of sp³-hybridized carbons (Fsp3) is 0.0833. The summed E-state index contributed by atoms with van der Waals surface area (Å²) in [5.41, 5.74) is 4.10. The van der Waals surface area contributed by atoms with Crippen LogP contribution in [0.15, 0.2) is 116 Å². The molecule has 0 fully saturated rings. The van der Waals surface area contributed by atoms with Crippen LogP contribution in [0.25, 0.3) is 76.0 Å². The Morgan fingerprint density at radius 3 is 0.833 bits per heavy atom. The van der Waals surface area contributed by atoms with Gasteiger partial charge in [-0.3, -0.25) is 19.2 Å². The number of hydrogen-bond donors (Lipinski definition) is 0. The van der Waals surface area contributed by atoms with Crippen molar-refractivity contribution in [1.29, 1.82) is 0 Å². The number of fused-ring (bicyclic) bond motifs is 6. The maximum Gasteiger partial charge on any atom is 0.266 e. The Morgan fingerprint density at radius 2 is 0.611 bits per heavy atom. The molecule has 256 valence electrons. The molecule has 54 heavy (non-hydrogen) atoms. The molecule has 0 aliphatic carbocycles. The molecule has 0 bridgehead atoms. The van der Waals surface area contributed by atoms with Crippen molar-refractivity contribution in [2.24, 2.45) is 0 Å². The highest BCUT2D eigenvalue weighted by Gasteiger charge is 2.20. The van der Waals surface area contributed by atoms with Crippen LogP contribution in [0.1, 0.15) is 33.4 Å². The zero-order chi connectivity index (χ0) is 37.7. The van der Waals surface area contributed by atoms with Gasteiger partial charge in [0.1, 0.15) is 0 Å². The maximum atomic E-state index is 13.8. The first-order valence-corrected chi connectivity index (χ1v) is 17.5. The van der Waals surface area contributed by atoms with E-state index in [4.69, 9.17) is 12.8 Å². The largest absolute Gasteiger partial charge is 0.268 e. The van der Waals surface area contributed by atoms with Gasteiger partial charge in [0.25, 0.3) is 22.2 Å². The maximum absolute atomic E-state index is 13.8. The zero-order valence-corrected chi connectivity index (χ0v) is 29.9. The second-order valence-electron chi connectivity index (χ2n) is 14.2. The molecule has 6 nitrogen and oxygen atoms in total. The first-order valence-electron chi connectivity index (χ1n) is 17.5. The third kappa shape index (κ3) is 4.71. The molecular formula is C48H30N2O4. The second kappa shape index (κ2) is 11.6. The molecule has 0 amide bonds. The summed E-state index contributed by atoms with van der Waals surface area (Å²) in [5, 5.41) is 8.60. The van der Waals surface area contributed by atoms with Gasteiger partial charge >= 0.3 is 0 Å². The minimum absolute atomic E-state index is 0.360. The molecule has 0 atom stereocenters. The van der Waals surface area contributed by atoms with Gasteiger partial charge in [-0.2, -0.15) is 0 Å². The van der Waals surface area contributed by atoms with E-state index < -0.39 is 0 Å². The lowest BCUT2D eigenvalue weighted by Crippen LogP contribution is -2.25. The Balaban J connectivity index is 1.21. The number of benzene rings is 6. The molecule has 6 heteroatoms. The van der Waals surface area contributed by atoms with Gasteiger partial charge < -0.3 is 0 Å². The van der Waals surface area contributed by atoms with E-state index in [1.807, 2.05) is 100 Å². The van der Waals surface area contributed by atoms with Crippen LogP contribution in [0, 0.1) is 52.4 Å². The van der Waals surface area contributed by atoms with E-state index in [0.717, 1.165) is 65.3 Å². The quantitative estimate of drug-likeness (QED) is 0.170. The number of nitrogens with zero attached hydrogens (tertiary/aromatic N) is 2. The molecule has 0 unspecified atom stereocenters. The standard InChI is InChI=1S/C48H30N2O4/c1-7-29-13-25(3)43(26(4)14-29)49-45(51)39-21-35-17-31-9-11-33-19-37-23-41-42(48(54)50(47(41)53)44-27(5)15-30(8-2)16-28(44)6)24-38(37)20-34(33)12-10-32(31)18-36(35)22-40(39)46(49)52/h1-2,9-24H,3-6H3. The molecule has 0 saturated carbocycles. The predicted octanol–water partition coefficient (Wildman–Crippen LogP) is 8.26. The van der Waals surface area contributed by atoms with Crippen molar-refractivity contribution in [3.05, 3.63) is 172 Å². The summed E-state index contributed by atoms with van der Waals surface area (Å²) in [6.45, 7) is 7.41. The van der Waals surface area contributed by atoms with Gasteiger partial charge in [-0.25, -0.2) is 9.13 Å². The molecule has 2 aromatic heterocycles. The third-order valence-corrected chi connectivity index (χ3v) is 10.7. The zero-order valence-electron chi connectivity index (χ0n) is 29.9. The third-order valence-electron chi connectivity index (χ3n) is 10.7. The van der Waals surface area contributed by atoms with E-state index in [0.29, 0.717) is 44.0 Å². The first kappa shape index (κ1) is 32.6. The van der Waals surface area contributed by atoms with Gasteiger partial charge in [-0.15, -0.1) is 12.8 Å². The lowest BCUT2D eigenvalue weighted by atomic mass is 9.99. The minimum atomic E-state index is -0.360. The van der Waals surface area contributed by atoms with Gasteiger partial charge in [0.05, 0.1) is 32.9 Å². The Kier molecular flexibility index (Phi) is 7.02. The van der Waals surface area contributed by atoms with Crippen LogP contribution < -0.4 is 22.2 Å². The average Bonchev–Trinajstić information content (AvgIpc) is 3.52. The Morgan fingerprint density at radius 1 is 0.370 bits per heavy atom. The van der Waals surface area contributed by atoms with Crippen LogP contribution in [-0.2, 0) is 0 Å². The predicted molar refractivity (Wildman–Crippen MR) is 221 cm³/mol. The van der Waals surface area contributed by atoms with E-state index in [9.17, 15) is 19.2 Å². The number of aryl methyl sites for hydroxylation is 4. The molecule has 0 aliphatic heterocycles. The van der Waals surface area contributed by atoms with Gasteiger partial charge in [0, 0.05) is 11.1 Å². The molecule has 9 rings (SSSR count). The average molecular weight is 699 g/mol. The Hall–Kier alpha value is -7.28. The monoisotopic (exact) mass is 698 g/mol. The summed E-state index contributed by atoms with van der Waals surface area (Å²) in [6.07, 6.45) is 11.2. The van der Waals surface area contributed by atoms with Gasteiger partial charge in [0.15, 0.2) is 0 Å². The van der Waals surface area contributed by atoms with Crippen molar-refractivity contribution in [2.75, 3.05) is 0 Å². The van der Waals surface area contributed by atoms with E-state index in [2.05, 4.69) is 11.8 Å². The van der Waals surface area contributed by atoms with Crippen molar-refractivity contribution >= 4 is 64.6 Å². The normalized spacial score (nSPS) is 11.6. The molecule has 0 aliphatic rings. The summed E-state index contributed by atoms with van der Waals surface area (Å²) in [6, 6.07) is 30.7. The van der Waals surface area contributed by atoms with Crippen LogP contribution in [0.2, 0.25) is 0 Å². The van der Waals surface area contributed by atoms with Crippen LogP contribution in [0.3, 0.4) is 0 Å². The highest BCUT2D eigenvalue weighted by Crippen LogP contribution is 2.30. The van der Waals surface area contributed by atoms with Gasteiger partial charge in [-0.1, -0.05) is 36.1 Å². The summed E-state index contributed by atoms with van der Waals surface area (Å²) in [5.74, 6) is 5.26. The van der Waals surface area contributed by atoms with E-state index in [1.54, 1.807) is 24.3 Å². The fourth-order valence-corrected chi connectivity index (χ4v) is 8.27. The van der Waals surface area contributed by atoms with E-state index >= 15 is 0 Å². The molecule has 0 radical (unpaired) electrons. The molecule has 0 N–H and O–H groups in total. The molecular weight excluding hydrogens is 669 g/mol. The second-order valence-corrected chi connectivity index (χ2v) is 14.2. The van der Waals surface area contributed by atoms with Crippen molar-refractivity contribution in [3.8, 4) is 36.1 Å². The Labute approximate surface area is 308 Å². The van der Waals surface area contributed by atoms with Crippen LogP contribution >= 0.6 is 0 Å². The Bertz CT molecular complexity index is 3100. The van der Waals surface area contributed by atoms with Crippen molar-refractivity contribution in [3.63, 3.8) is 0 Å². The highest BCUT2D eigenvalue weighted by atomic mass is 16.2. The molecule has 2 heterocycles. The lowest BCUT2D eigenvalue weighted by Gasteiger charge is -2.10. The topological polar surface area (TPSA) is 78.1 Å². The van der Waals surface area contributed by atoms with Gasteiger partial charge in [-0.05, 0) is 166 Å². The summed E-state index contributed by atoms with van der Waals surface area (Å²) in [4.78, 5) is 55.1. The van der Waals surface area contributed by atoms with Gasteiger partial charge in [0.2, 0.25) is 0 Å². The van der Waals surface area contributed by atoms with Crippen molar-refractivity contribution < 1.29 is 0 Å². The number of terminal acetylenes is 2. The summed E-state index contributed by atoms with van der Waals surface area (Å²) in [7, 11) is 0. The molecule has 0 spiro atoms. The lowest BCUT2D eigenvalue weighted by molar-refractivity contribution is 0.964. The minimum Gasteiger partial charge on any atom is -0.268 e. The number of hydrogen-bond acceptors (Lipinski definition) is 4. The first-order chi connectivity index (χ1) is 25.9. The summed E-state index contributed by atoms with van der Waals surface area (Å²) >= 11 is 0. The van der Waals surface area contributed by atoms with Crippen LogP contribution in [-0.4, -0.2) is 9.13 Å². The smallest absolute Gasteiger partial charge is 0.266 e. The molecule has 0 saturated heterocycles. The van der Waals surface area contributed by atoms with E-state index in [-0.39, 0.29) is 22.2 Å². The van der Waals surface area contributed by atoms with Crippen LogP contribution in [0.5, 0.6) is 0 Å². The van der Waals surface area contributed by atoms with Crippen molar-refractivity contribution in [2.45, 2.75) is 27.7 Å². The molecule has 9 aromatic rings. The number of rotatable bonds is 2. The van der Waals surface area contributed by atoms with E-state index in [1.165, 1.54) is 9.13 Å². The molecule has 7 aromatic carbocycles.